The van der Waals surface area contributed by atoms with E-state index in [4.69, 9.17) is 0 Å². The van der Waals surface area contributed by atoms with E-state index < -0.39 is 0 Å². The molecule has 4 unspecified atom stereocenters. The Morgan fingerprint density at radius 1 is 1.29 bits per heavy atom. The van der Waals surface area contributed by atoms with Crippen molar-refractivity contribution in [2.45, 2.75) is 72.9 Å². The third-order valence-corrected chi connectivity index (χ3v) is 4.91. The second-order valence-corrected chi connectivity index (χ2v) is 5.94. The maximum Gasteiger partial charge on any atom is 0.226 e. The Kier molecular flexibility index (Phi) is 5.03. The van der Waals surface area contributed by atoms with Crippen molar-refractivity contribution in [3.05, 3.63) is 0 Å². The van der Waals surface area contributed by atoms with Gasteiger partial charge >= 0.3 is 0 Å². The molecule has 5 atom stereocenters. The quantitative estimate of drug-likeness (QED) is 0.732. The Morgan fingerprint density at radius 2 is 1.88 bits per heavy atom. The molecule has 1 rings (SSSR count). The zero-order valence-corrected chi connectivity index (χ0v) is 12.4. The van der Waals surface area contributed by atoms with Crippen LogP contribution in [0, 0.1) is 17.8 Å². The first-order valence-corrected chi connectivity index (χ1v) is 7.26. The molecular weight excluding hydrogens is 210 g/mol. The molecule has 0 aliphatic carbocycles. The van der Waals surface area contributed by atoms with Crippen molar-refractivity contribution in [1.29, 1.82) is 0 Å². The van der Waals surface area contributed by atoms with Crippen molar-refractivity contribution >= 4 is 5.91 Å². The molecule has 100 valence electrons. The van der Waals surface area contributed by atoms with Gasteiger partial charge in [-0.25, -0.2) is 0 Å². The lowest BCUT2D eigenvalue weighted by molar-refractivity contribution is -0.139. The molecule has 0 aromatic heterocycles. The van der Waals surface area contributed by atoms with Crippen LogP contribution in [0.25, 0.3) is 0 Å². The molecular formula is C15H29NO. The topological polar surface area (TPSA) is 20.3 Å². The zero-order valence-electron chi connectivity index (χ0n) is 12.4. The van der Waals surface area contributed by atoms with Crippen molar-refractivity contribution in [2.24, 2.45) is 17.8 Å². The predicted octanol–water partition coefficient (Wildman–Crippen LogP) is 3.70. The van der Waals surface area contributed by atoms with Gasteiger partial charge in [-0.3, -0.25) is 4.79 Å². The maximum absolute atomic E-state index is 12.6. The van der Waals surface area contributed by atoms with Crippen LogP contribution in [0.4, 0.5) is 0 Å². The van der Waals surface area contributed by atoms with Crippen LogP contribution >= 0.6 is 0 Å². The van der Waals surface area contributed by atoms with Gasteiger partial charge in [-0.05, 0) is 31.6 Å². The molecule has 1 heterocycles. The molecule has 1 fully saturated rings. The lowest BCUT2D eigenvalue weighted by Crippen LogP contribution is -2.44. The summed E-state index contributed by atoms with van der Waals surface area (Å²) in [5.41, 5.74) is 0. The molecule has 0 spiro atoms. The van der Waals surface area contributed by atoms with Gasteiger partial charge in [0.1, 0.15) is 0 Å². The lowest BCUT2D eigenvalue weighted by atomic mass is 9.91. The second kappa shape index (κ2) is 5.88. The van der Waals surface area contributed by atoms with E-state index in [2.05, 4.69) is 46.4 Å². The van der Waals surface area contributed by atoms with Gasteiger partial charge in [-0.2, -0.15) is 0 Å². The first-order valence-electron chi connectivity index (χ1n) is 7.26. The molecule has 2 heteroatoms. The second-order valence-electron chi connectivity index (χ2n) is 5.94. The summed E-state index contributed by atoms with van der Waals surface area (Å²) in [6.07, 6.45) is 3.35. The third-order valence-electron chi connectivity index (χ3n) is 4.91. The summed E-state index contributed by atoms with van der Waals surface area (Å²) < 4.78 is 0. The molecule has 2 nitrogen and oxygen atoms in total. The average molecular weight is 239 g/mol. The summed E-state index contributed by atoms with van der Waals surface area (Å²) in [6, 6.07) is 0.887. The van der Waals surface area contributed by atoms with Crippen LogP contribution in [0.5, 0.6) is 0 Å². The first-order chi connectivity index (χ1) is 7.93. The summed E-state index contributed by atoms with van der Waals surface area (Å²) in [7, 11) is 0. The standard InChI is InChI=1S/C15H29NO/c1-7-10(3)12(5)15(17)16-13(6)11(4)9-14(16)8-2/h10-14H,7-9H2,1-6H3/t10?,11?,12?,13?,14-/m1/s1. The highest BCUT2D eigenvalue weighted by molar-refractivity contribution is 5.79. The Hall–Kier alpha value is -0.530. The Balaban J connectivity index is 2.79. The molecule has 1 amide bonds. The van der Waals surface area contributed by atoms with Crippen LogP contribution in [0.15, 0.2) is 0 Å². The van der Waals surface area contributed by atoms with E-state index in [1.54, 1.807) is 0 Å². The van der Waals surface area contributed by atoms with Gasteiger partial charge in [0.2, 0.25) is 5.91 Å². The predicted molar refractivity (Wildman–Crippen MR) is 72.8 cm³/mol. The fraction of sp³-hybridized carbons (Fsp3) is 0.933. The van der Waals surface area contributed by atoms with E-state index in [-0.39, 0.29) is 5.92 Å². The van der Waals surface area contributed by atoms with Crippen LogP contribution in [-0.2, 0) is 4.79 Å². The average Bonchev–Trinajstić information content (AvgIpc) is 2.62. The summed E-state index contributed by atoms with van der Waals surface area (Å²) in [5.74, 6) is 1.68. The van der Waals surface area contributed by atoms with Crippen LogP contribution in [0.1, 0.15) is 60.8 Å². The first kappa shape index (κ1) is 14.5. The molecule has 1 aliphatic rings. The molecule has 0 radical (unpaired) electrons. The number of carbonyl (C=O) groups excluding carboxylic acids is 1. The molecule has 0 aromatic rings. The van der Waals surface area contributed by atoms with Gasteiger partial charge in [0.05, 0.1) is 0 Å². The minimum Gasteiger partial charge on any atom is -0.337 e. The molecule has 0 N–H and O–H groups in total. The summed E-state index contributed by atoms with van der Waals surface area (Å²) >= 11 is 0. The fourth-order valence-electron chi connectivity index (χ4n) is 2.92. The lowest BCUT2D eigenvalue weighted by Gasteiger charge is -2.33. The normalized spacial score (nSPS) is 32.6. The Morgan fingerprint density at radius 3 is 2.35 bits per heavy atom. The Bertz CT molecular complexity index is 264. The number of rotatable bonds is 4. The Labute approximate surface area is 107 Å². The van der Waals surface area contributed by atoms with Gasteiger partial charge < -0.3 is 4.90 Å². The number of likely N-dealkylation sites (tertiary alicyclic amines) is 1. The highest BCUT2D eigenvalue weighted by Crippen LogP contribution is 2.33. The van der Waals surface area contributed by atoms with Crippen molar-refractivity contribution in [2.75, 3.05) is 0 Å². The van der Waals surface area contributed by atoms with E-state index in [0.717, 1.165) is 12.8 Å². The van der Waals surface area contributed by atoms with Crippen molar-refractivity contribution in [3.8, 4) is 0 Å². The highest BCUT2D eigenvalue weighted by Gasteiger charge is 2.40. The van der Waals surface area contributed by atoms with Crippen molar-refractivity contribution in [1.82, 2.24) is 4.90 Å². The molecule has 1 saturated heterocycles. The zero-order chi connectivity index (χ0) is 13.2. The minimum absolute atomic E-state index is 0.168. The molecule has 0 aromatic carbocycles. The van der Waals surface area contributed by atoms with Gasteiger partial charge in [0.15, 0.2) is 0 Å². The van der Waals surface area contributed by atoms with Crippen LogP contribution in [0.2, 0.25) is 0 Å². The molecule has 0 saturated carbocycles. The summed E-state index contributed by atoms with van der Waals surface area (Å²) in [5, 5.41) is 0. The van der Waals surface area contributed by atoms with E-state index in [9.17, 15) is 4.79 Å². The number of hydrogen-bond donors (Lipinski definition) is 0. The molecule has 17 heavy (non-hydrogen) atoms. The monoisotopic (exact) mass is 239 g/mol. The van der Waals surface area contributed by atoms with Crippen LogP contribution in [-0.4, -0.2) is 22.9 Å². The van der Waals surface area contributed by atoms with E-state index in [1.807, 2.05) is 0 Å². The van der Waals surface area contributed by atoms with Crippen LogP contribution < -0.4 is 0 Å². The van der Waals surface area contributed by atoms with E-state index >= 15 is 0 Å². The minimum atomic E-state index is 0.168. The van der Waals surface area contributed by atoms with Gasteiger partial charge in [-0.1, -0.05) is 41.0 Å². The highest BCUT2D eigenvalue weighted by atomic mass is 16.2. The maximum atomic E-state index is 12.6. The summed E-state index contributed by atoms with van der Waals surface area (Å²) in [6.45, 7) is 13.1. The van der Waals surface area contributed by atoms with Crippen molar-refractivity contribution in [3.63, 3.8) is 0 Å². The number of nitrogens with zero attached hydrogens (tertiary/aromatic N) is 1. The smallest absolute Gasteiger partial charge is 0.226 e. The fourth-order valence-corrected chi connectivity index (χ4v) is 2.92. The van der Waals surface area contributed by atoms with Gasteiger partial charge in [-0.15, -0.1) is 0 Å². The third kappa shape index (κ3) is 2.83. The number of carbonyl (C=O) groups is 1. The largest absolute Gasteiger partial charge is 0.337 e. The molecule has 1 aliphatic heterocycles. The van der Waals surface area contributed by atoms with E-state index in [0.29, 0.717) is 29.8 Å². The number of amides is 1. The molecule has 0 bridgehead atoms. The van der Waals surface area contributed by atoms with Crippen LogP contribution in [0.3, 0.4) is 0 Å². The summed E-state index contributed by atoms with van der Waals surface area (Å²) in [4.78, 5) is 14.8. The van der Waals surface area contributed by atoms with Gasteiger partial charge in [0.25, 0.3) is 0 Å². The number of hydrogen-bond acceptors (Lipinski definition) is 1. The SMILES string of the molecule is CCC(C)C(C)C(=O)N1C(C)C(C)C[C@H]1CC. The van der Waals surface area contributed by atoms with Gasteiger partial charge in [0, 0.05) is 18.0 Å². The van der Waals surface area contributed by atoms with Crippen molar-refractivity contribution < 1.29 is 4.79 Å². The van der Waals surface area contributed by atoms with E-state index in [1.165, 1.54) is 6.42 Å².